The number of carbonyl (C=O) groups is 3. The number of aromatic nitrogens is 1. The summed E-state index contributed by atoms with van der Waals surface area (Å²) >= 11 is 0. The molecule has 1 aromatic heterocycles. The Morgan fingerprint density at radius 3 is 2.71 bits per heavy atom. The molecule has 3 rings (SSSR count). The summed E-state index contributed by atoms with van der Waals surface area (Å²) in [6, 6.07) is 5.05. The van der Waals surface area contributed by atoms with Gasteiger partial charge >= 0.3 is 11.9 Å². The molecule has 0 saturated heterocycles. The topological polar surface area (TPSA) is 104 Å². The van der Waals surface area contributed by atoms with Crippen LogP contribution in [-0.2, 0) is 27.2 Å². The van der Waals surface area contributed by atoms with Gasteiger partial charge in [-0.1, -0.05) is 6.07 Å². The molecule has 0 radical (unpaired) electrons. The predicted molar refractivity (Wildman–Crippen MR) is 107 cm³/mol. The van der Waals surface area contributed by atoms with Crippen molar-refractivity contribution in [1.29, 1.82) is 0 Å². The maximum atomic E-state index is 13.3. The average molecular weight is 430 g/mol. The number of nitrogens with one attached hydrogen (secondary N) is 1. The van der Waals surface area contributed by atoms with E-state index in [0.29, 0.717) is 19.3 Å². The number of nitrogens with zero attached hydrogens (tertiary/aromatic N) is 1. The molecular formula is C22H23FN2O6. The Bertz CT molecular complexity index is 1010. The lowest BCUT2D eigenvalue weighted by Gasteiger charge is -2.26. The minimum atomic E-state index is -0.972. The average Bonchev–Trinajstić information content (AvgIpc) is 2.73. The molecule has 1 aromatic carbocycles. The number of aryl methyl sites for hydroxylation is 1. The van der Waals surface area contributed by atoms with Crippen LogP contribution in [0, 0.1) is 5.82 Å². The van der Waals surface area contributed by atoms with Crippen molar-refractivity contribution >= 4 is 17.8 Å². The minimum absolute atomic E-state index is 0.133. The van der Waals surface area contributed by atoms with E-state index in [2.05, 4.69) is 10.3 Å². The molecule has 2 aromatic rings. The molecule has 164 valence electrons. The van der Waals surface area contributed by atoms with E-state index in [-0.39, 0.29) is 29.1 Å². The van der Waals surface area contributed by atoms with E-state index in [0.717, 1.165) is 11.1 Å². The SMILES string of the molecule is COc1ccnc(C(=O)N[C@@H](C)C(=O)OC2CCc3cc(F)ccc3C2)c1OC(C)=O. The van der Waals surface area contributed by atoms with Gasteiger partial charge in [0.1, 0.15) is 18.0 Å². The van der Waals surface area contributed by atoms with Crippen LogP contribution in [0.15, 0.2) is 30.5 Å². The van der Waals surface area contributed by atoms with Gasteiger partial charge in [0.2, 0.25) is 5.75 Å². The summed E-state index contributed by atoms with van der Waals surface area (Å²) in [6.07, 6.45) is 2.61. The Kier molecular flexibility index (Phi) is 6.84. The molecule has 0 spiro atoms. The van der Waals surface area contributed by atoms with Crippen molar-refractivity contribution in [2.45, 2.75) is 45.3 Å². The van der Waals surface area contributed by atoms with E-state index >= 15 is 0 Å². The molecule has 9 heteroatoms. The van der Waals surface area contributed by atoms with Crippen LogP contribution in [0.2, 0.25) is 0 Å². The second-order valence-corrected chi connectivity index (χ2v) is 7.19. The quantitative estimate of drug-likeness (QED) is 0.702. The number of benzene rings is 1. The number of ether oxygens (including phenoxy) is 3. The van der Waals surface area contributed by atoms with Crippen LogP contribution in [0.1, 0.15) is 41.9 Å². The number of fused-ring (bicyclic) bond motifs is 1. The van der Waals surface area contributed by atoms with Crippen LogP contribution < -0.4 is 14.8 Å². The number of esters is 2. The summed E-state index contributed by atoms with van der Waals surface area (Å²) in [4.78, 5) is 40.5. The van der Waals surface area contributed by atoms with E-state index in [9.17, 15) is 18.8 Å². The molecule has 1 aliphatic rings. The molecular weight excluding hydrogens is 407 g/mol. The molecule has 8 nitrogen and oxygen atoms in total. The van der Waals surface area contributed by atoms with E-state index in [1.54, 1.807) is 6.07 Å². The number of amides is 1. The highest BCUT2D eigenvalue weighted by Crippen LogP contribution is 2.30. The van der Waals surface area contributed by atoms with E-state index in [1.807, 2.05) is 0 Å². The fourth-order valence-electron chi connectivity index (χ4n) is 3.38. The van der Waals surface area contributed by atoms with Crippen molar-refractivity contribution in [2.24, 2.45) is 0 Å². The predicted octanol–water partition coefficient (Wildman–Crippen LogP) is 2.37. The van der Waals surface area contributed by atoms with Gasteiger partial charge in [0.25, 0.3) is 5.91 Å². The van der Waals surface area contributed by atoms with Crippen LogP contribution >= 0.6 is 0 Å². The van der Waals surface area contributed by atoms with Crippen LogP contribution in [-0.4, -0.2) is 42.1 Å². The van der Waals surface area contributed by atoms with Gasteiger partial charge in [0.15, 0.2) is 11.4 Å². The second-order valence-electron chi connectivity index (χ2n) is 7.19. The lowest BCUT2D eigenvalue weighted by atomic mass is 9.89. The number of halogens is 1. The second kappa shape index (κ2) is 9.55. The van der Waals surface area contributed by atoms with Crippen molar-refractivity contribution in [3.63, 3.8) is 0 Å². The minimum Gasteiger partial charge on any atom is -0.493 e. The highest BCUT2D eigenvalue weighted by Gasteiger charge is 2.27. The van der Waals surface area contributed by atoms with Crippen molar-refractivity contribution in [3.05, 3.63) is 53.1 Å². The number of hydrogen-bond acceptors (Lipinski definition) is 7. The number of carbonyl (C=O) groups excluding carboxylic acids is 3. The van der Waals surface area contributed by atoms with Crippen molar-refractivity contribution in [1.82, 2.24) is 10.3 Å². The maximum Gasteiger partial charge on any atom is 0.328 e. The number of methoxy groups -OCH3 is 1. The molecule has 0 fully saturated rings. The van der Waals surface area contributed by atoms with Gasteiger partial charge in [-0.05, 0) is 43.0 Å². The van der Waals surface area contributed by atoms with Crippen LogP contribution in [0.3, 0.4) is 0 Å². The summed E-state index contributed by atoms with van der Waals surface area (Å²) in [7, 11) is 1.36. The van der Waals surface area contributed by atoms with E-state index in [4.69, 9.17) is 14.2 Å². The number of rotatable bonds is 6. The first-order chi connectivity index (χ1) is 14.8. The highest BCUT2D eigenvalue weighted by atomic mass is 19.1. The largest absolute Gasteiger partial charge is 0.493 e. The summed E-state index contributed by atoms with van der Waals surface area (Å²) in [5.41, 5.74) is 1.66. The monoisotopic (exact) mass is 430 g/mol. The summed E-state index contributed by atoms with van der Waals surface area (Å²) < 4.78 is 29.1. The van der Waals surface area contributed by atoms with Gasteiger partial charge in [-0.3, -0.25) is 9.59 Å². The lowest BCUT2D eigenvalue weighted by molar-refractivity contribution is -0.151. The zero-order valence-corrected chi connectivity index (χ0v) is 17.4. The lowest BCUT2D eigenvalue weighted by Crippen LogP contribution is -2.42. The van der Waals surface area contributed by atoms with Crippen molar-refractivity contribution in [2.75, 3.05) is 7.11 Å². The Hall–Kier alpha value is -3.49. The summed E-state index contributed by atoms with van der Waals surface area (Å²) in [6.45, 7) is 2.67. The van der Waals surface area contributed by atoms with Gasteiger partial charge in [-0.15, -0.1) is 0 Å². The molecule has 0 saturated carbocycles. The third kappa shape index (κ3) is 5.36. The molecule has 1 aliphatic carbocycles. The molecule has 0 bridgehead atoms. The normalized spacial score (nSPS) is 15.9. The molecule has 1 heterocycles. The van der Waals surface area contributed by atoms with Crippen LogP contribution in [0.5, 0.6) is 11.5 Å². The summed E-state index contributed by atoms with van der Waals surface area (Å²) in [5.74, 6) is -2.24. The maximum absolute atomic E-state index is 13.3. The molecule has 1 unspecified atom stereocenters. The van der Waals surface area contributed by atoms with Gasteiger partial charge in [-0.2, -0.15) is 0 Å². The van der Waals surface area contributed by atoms with Gasteiger partial charge < -0.3 is 19.5 Å². The zero-order valence-electron chi connectivity index (χ0n) is 17.4. The Balaban J connectivity index is 1.64. The number of pyridine rings is 1. The molecule has 2 atom stereocenters. The zero-order chi connectivity index (χ0) is 22.5. The van der Waals surface area contributed by atoms with Crippen molar-refractivity contribution < 1.29 is 33.0 Å². The third-order valence-corrected chi connectivity index (χ3v) is 4.88. The van der Waals surface area contributed by atoms with Crippen LogP contribution in [0.25, 0.3) is 0 Å². The van der Waals surface area contributed by atoms with Crippen LogP contribution in [0.4, 0.5) is 4.39 Å². The molecule has 1 amide bonds. The molecule has 31 heavy (non-hydrogen) atoms. The van der Waals surface area contributed by atoms with Gasteiger partial charge in [0, 0.05) is 25.6 Å². The van der Waals surface area contributed by atoms with Crippen molar-refractivity contribution in [3.8, 4) is 11.5 Å². The smallest absolute Gasteiger partial charge is 0.328 e. The standard InChI is InChI=1S/C22H23FN2O6/c1-12(22(28)31-17-7-5-14-10-16(23)6-4-15(14)11-17)25-21(27)19-20(30-13(2)26)18(29-3)8-9-24-19/h4,6,8-10,12,17H,5,7,11H2,1-3H3,(H,25,27)/t12-,17?/m0/s1. The fourth-order valence-corrected chi connectivity index (χ4v) is 3.38. The highest BCUT2D eigenvalue weighted by molar-refractivity contribution is 5.98. The third-order valence-electron chi connectivity index (χ3n) is 4.88. The van der Waals surface area contributed by atoms with Gasteiger partial charge in [0.05, 0.1) is 7.11 Å². The molecule has 1 N–H and O–H groups in total. The van der Waals surface area contributed by atoms with E-state index in [1.165, 1.54) is 45.4 Å². The Morgan fingerprint density at radius 1 is 1.23 bits per heavy atom. The first-order valence-electron chi connectivity index (χ1n) is 9.78. The Morgan fingerprint density at radius 2 is 2.00 bits per heavy atom. The fraction of sp³-hybridized carbons (Fsp3) is 0.364. The first-order valence-corrected chi connectivity index (χ1v) is 9.78. The summed E-state index contributed by atoms with van der Waals surface area (Å²) in [5, 5.41) is 2.50. The first kappa shape index (κ1) is 22.2. The molecule has 0 aliphatic heterocycles. The number of hydrogen-bond donors (Lipinski definition) is 1. The van der Waals surface area contributed by atoms with E-state index < -0.39 is 23.9 Å². The Labute approximate surface area is 178 Å². The van der Waals surface area contributed by atoms with Gasteiger partial charge in [-0.25, -0.2) is 14.2 Å².